The molecule has 1 heterocycles. The van der Waals surface area contributed by atoms with Gasteiger partial charge in [0.2, 0.25) is 5.95 Å². The highest BCUT2D eigenvalue weighted by molar-refractivity contribution is 6.32. The van der Waals surface area contributed by atoms with Crippen molar-refractivity contribution in [3.05, 3.63) is 29.3 Å². The van der Waals surface area contributed by atoms with Gasteiger partial charge in [-0.3, -0.25) is 5.43 Å². The summed E-state index contributed by atoms with van der Waals surface area (Å²) in [5.41, 5.74) is 2.33. The number of nitrogens with one attached hydrogen (secondary N) is 1. The predicted octanol–water partition coefficient (Wildman–Crippen LogP) is 2.39. The average molecular weight is 296 g/mol. The van der Waals surface area contributed by atoms with Crippen LogP contribution in [0.2, 0.25) is 5.02 Å². The van der Waals surface area contributed by atoms with Crippen molar-refractivity contribution >= 4 is 17.5 Å². The van der Waals surface area contributed by atoms with Gasteiger partial charge in [0.25, 0.3) is 0 Å². The Morgan fingerprint density at radius 2 is 1.95 bits per heavy atom. The van der Waals surface area contributed by atoms with E-state index < -0.39 is 0 Å². The summed E-state index contributed by atoms with van der Waals surface area (Å²) < 4.78 is 10.8. The minimum Gasteiger partial charge on any atom is -0.463 e. The monoisotopic (exact) mass is 295 g/mol. The van der Waals surface area contributed by atoms with Crippen LogP contribution in [0.4, 0.5) is 5.95 Å². The molecule has 1 aromatic carbocycles. The molecule has 8 heteroatoms. The molecule has 20 heavy (non-hydrogen) atoms. The van der Waals surface area contributed by atoms with Gasteiger partial charge in [0, 0.05) is 0 Å². The van der Waals surface area contributed by atoms with Gasteiger partial charge >= 0.3 is 12.0 Å². The maximum Gasteiger partial charge on any atom is 0.330 e. The van der Waals surface area contributed by atoms with Crippen molar-refractivity contribution in [3.63, 3.8) is 0 Å². The molecule has 3 N–H and O–H groups in total. The van der Waals surface area contributed by atoms with Crippen molar-refractivity contribution in [3.8, 4) is 17.8 Å². The maximum atomic E-state index is 6.00. The number of ether oxygens (including phenoxy) is 2. The number of para-hydroxylation sites is 1. The summed E-state index contributed by atoms with van der Waals surface area (Å²) >= 11 is 6.00. The Hall–Kier alpha value is -2.12. The van der Waals surface area contributed by atoms with Crippen LogP contribution in [0.3, 0.4) is 0 Å². The van der Waals surface area contributed by atoms with E-state index in [1.165, 1.54) is 0 Å². The van der Waals surface area contributed by atoms with Crippen LogP contribution in [0, 0.1) is 0 Å². The number of rotatable bonds is 6. The first-order chi connectivity index (χ1) is 9.72. The molecular formula is C12H14ClN5O2. The number of anilines is 1. The molecule has 2 rings (SSSR count). The summed E-state index contributed by atoms with van der Waals surface area (Å²) in [7, 11) is 0. The summed E-state index contributed by atoms with van der Waals surface area (Å²) in [6, 6.07) is 7.18. The molecule has 0 spiro atoms. The first kappa shape index (κ1) is 14.3. The zero-order chi connectivity index (χ0) is 14.4. The number of nitrogen functional groups attached to an aromatic ring is 1. The van der Waals surface area contributed by atoms with Gasteiger partial charge in [-0.05, 0) is 18.6 Å². The number of nitrogens with zero attached hydrogens (tertiary/aromatic N) is 3. The van der Waals surface area contributed by atoms with E-state index >= 15 is 0 Å². The van der Waals surface area contributed by atoms with Gasteiger partial charge in [0.15, 0.2) is 0 Å². The van der Waals surface area contributed by atoms with E-state index in [0.717, 1.165) is 6.42 Å². The smallest absolute Gasteiger partial charge is 0.330 e. The zero-order valence-corrected chi connectivity index (χ0v) is 11.6. The molecule has 0 aliphatic heterocycles. The van der Waals surface area contributed by atoms with Crippen LogP contribution in [0.1, 0.15) is 13.3 Å². The summed E-state index contributed by atoms with van der Waals surface area (Å²) in [5.74, 6) is 5.88. The van der Waals surface area contributed by atoms with Crippen molar-refractivity contribution < 1.29 is 9.47 Å². The molecule has 0 fully saturated rings. The molecule has 0 unspecified atom stereocenters. The number of halogens is 1. The molecular weight excluding hydrogens is 282 g/mol. The summed E-state index contributed by atoms with van der Waals surface area (Å²) in [6.45, 7) is 2.46. The molecule has 0 saturated carbocycles. The predicted molar refractivity (Wildman–Crippen MR) is 74.9 cm³/mol. The first-order valence-corrected chi connectivity index (χ1v) is 6.38. The Balaban J connectivity index is 2.24. The standard InChI is InChI=1S/C12H14ClN5O2/c1-2-7-19-11-15-10(18-14)16-12(17-11)20-9-6-4-3-5-8(9)13/h3-6H,2,7,14H2,1H3,(H,15,16,17,18). The Bertz CT molecular complexity index is 582. The van der Waals surface area contributed by atoms with Gasteiger partial charge in [-0.15, -0.1) is 4.98 Å². The second-order valence-electron chi connectivity index (χ2n) is 3.75. The van der Waals surface area contributed by atoms with Gasteiger partial charge in [0.05, 0.1) is 11.6 Å². The first-order valence-electron chi connectivity index (χ1n) is 6.00. The van der Waals surface area contributed by atoms with Gasteiger partial charge in [0.1, 0.15) is 5.75 Å². The van der Waals surface area contributed by atoms with Crippen molar-refractivity contribution in [1.82, 2.24) is 15.0 Å². The van der Waals surface area contributed by atoms with E-state index in [4.69, 9.17) is 26.9 Å². The van der Waals surface area contributed by atoms with E-state index in [1.54, 1.807) is 24.3 Å². The fourth-order valence-electron chi connectivity index (χ4n) is 1.33. The highest BCUT2D eigenvalue weighted by atomic mass is 35.5. The normalized spacial score (nSPS) is 10.2. The largest absolute Gasteiger partial charge is 0.463 e. The molecule has 0 saturated heterocycles. The fourth-order valence-corrected chi connectivity index (χ4v) is 1.51. The molecule has 7 nitrogen and oxygen atoms in total. The minimum absolute atomic E-state index is 0.0483. The lowest BCUT2D eigenvalue weighted by Crippen LogP contribution is -2.13. The summed E-state index contributed by atoms with van der Waals surface area (Å²) in [5, 5.41) is 0.450. The lowest BCUT2D eigenvalue weighted by atomic mass is 10.3. The van der Waals surface area contributed by atoms with E-state index in [2.05, 4.69) is 20.4 Å². The highest BCUT2D eigenvalue weighted by Crippen LogP contribution is 2.27. The second-order valence-corrected chi connectivity index (χ2v) is 4.16. The highest BCUT2D eigenvalue weighted by Gasteiger charge is 2.10. The van der Waals surface area contributed by atoms with Crippen LogP contribution in [0.5, 0.6) is 17.8 Å². The molecule has 0 bridgehead atoms. The van der Waals surface area contributed by atoms with Gasteiger partial charge in [-0.2, -0.15) is 9.97 Å². The Morgan fingerprint density at radius 1 is 1.20 bits per heavy atom. The molecule has 2 aromatic rings. The SMILES string of the molecule is CCCOc1nc(NN)nc(Oc2ccccc2Cl)n1. The number of hydrogen-bond donors (Lipinski definition) is 2. The molecule has 0 radical (unpaired) electrons. The zero-order valence-electron chi connectivity index (χ0n) is 10.8. The molecule has 1 aromatic heterocycles. The number of aromatic nitrogens is 3. The number of benzene rings is 1. The maximum absolute atomic E-state index is 6.00. The van der Waals surface area contributed by atoms with Crippen molar-refractivity contribution in [2.24, 2.45) is 5.84 Å². The summed E-state index contributed by atoms with van der Waals surface area (Å²) in [4.78, 5) is 12.0. The molecule has 0 amide bonds. The quantitative estimate of drug-likeness (QED) is 0.624. The van der Waals surface area contributed by atoms with E-state index in [1.807, 2.05) is 6.92 Å². The average Bonchev–Trinajstić information content (AvgIpc) is 2.47. The Morgan fingerprint density at radius 3 is 2.65 bits per heavy atom. The van der Waals surface area contributed by atoms with Crippen LogP contribution in [-0.2, 0) is 0 Å². The van der Waals surface area contributed by atoms with E-state index in [9.17, 15) is 0 Å². The molecule has 106 valence electrons. The minimum atomic E-state index is 0.0483. The Kier molecular flexibility index (Phi) is 4.91. The Labute approximate surface area is 121 Å². The second kappa shape index (κ2) is 6.88. The van der Waals surface area contributed by atoms with Gasteiger partial charge in [-0.25, -0.2) is 5.84 Å². The van der Waals surface area contributed by atoms with Crippen LogP contribution < -0.4 is 20.7 Å². The van der Waals surface area contributed by atoms with Gasteiger partial charge < -0.3 is 9.47 Å². The number of nitrogens with two attached hydrogens (primary N) is 1. The van der Waals surface area contributed by atoms with Crippen molar-refractivity contribution in [2.45, 2.75) is 13.3 Å². The topological polar surface area (TPSA) is 95.2 Å². The third kappa shape index (κ3) is 3.69. The van der Waals surface area contributed by atoms with Crippen LogP contribution >= 0.6 is 11.6 Å². The van der Waals surface area contributed by atoms with E-state index in [0.29, 0.717) is 17.4 Å². The van der Waals surface area contributed by atoms with Crippen LogP contribution in [-0.4, -0.2) is 21.6 Å². The third-order valence-electron chi connectivity index (χ3n) is 2.20. The lowest BCUT2D eigenvalue weighted by molar-refractivity contribution is 0.285. The van der Waals surface area contributed by atoms with Crippen molar-refractivity contribution in [1.29, 1.82) is 0 Å². The fraction of sp³-hybridized carbons (Fsp3) is 0.250. The van der Waals surface area contributed by atoms with E-state index in [-0.39, 0.29) is 18.0 Å². The number of hydrogen-bond acceptors (Lipinski definition) is 7. The number of hydrazine groups is 1. The van der Waals surface area contributed by atoms with Crippen LogP contribution in [0.25, 0.3) is 0 Å². The molecule has 0 aliphatic rings. The molecule has 0 aliphatic carbocycles. The van der Waals surface area contributed by atoms with Crippen LogP contribution in [0.15, 0.2) is 24.3 Å². The van der Waals surface area contributed by atoms with Crippen molar-refractivity contribution in [2.75, 3.05) is 12.0 Å². The third-order valence-corrected chi connectivity index (χ3v) is 2.51. The molecule has 0 atom stereocenters. The summed E-state index contributed by atoms with van der Waals surface area (Å²) in [6.07, 6.45) is 0.831. The lowest BCUT2D eigenvalue weighted by Gasteiger charge is -2.08. The van der Waals surface area contributed by atoms with Gasteiger partial charge in [-0.1, -0.05) is 30.7 Å².